The van der Waals surface area contributed by atoms with Gasteiger partial charge in [-0.2, -0.15) is 0 Å². The third kappa shape index (κ3) is 8.46. The van der Waals surface area contributed by atoms with E-state index in [4.69, 9.17) is 16.3 Å². The number of methoxy groups -OCH3 is 1. The van der Waals surface area contributed by atoms with E-state index in [2.05, 4.69) is 5.32 Å². The average Bonchev–Trinajstić information content (AvgIpc) is 2.75. The summed E-state index contributed by atoms with van der Waals surface area (Å²) in [6.07, 6.45) is 1.10. The number of halogens is 1. The zero-order valence-electron chi connectivity index (χ0n) is 18.6. The Morgan fingerprint density at radius 3 is 2.48 bits per heavy atom. The molecule has 0 aliphatic carbocycles. The average molecular weight is 463 g/mol. The fourth-order valence-electron chi connectivity index (χ4n) is 3.04. The molecule has 0 aromatic heterocycles. The Morgan fingerprint density at radius 2 is 1.84 bits per heavy atom. The molecular weight excluding hydrogens is 432 g/mol. The molecule has 0 spiro atoms. The van der Waals surface area contributed by atoms with Crippen LogP contribution >= 0.6 is 23.4 Å². The van der Waals surface area contributed by atoms with Crippen LogP contribution in [0, 0.1) is 0 Å². The summed E-state index contributed by atoms with van der Waals surface area (Å²) in [5.74, 6) is 1.35. The van der Waals surface area contributed by atoms with E-state index in [0.29, 0.717) is 18.0 Å². The van der Waals surface area contributed by atoms with Crippen LogP contribution in [0.4, 0.5) is 0 Å². The number of carbonyl (C=O) groups excluding carboxylic acids is 2. The molecule has 168 valence electrons. The third-order valence-corrected chi connectivity index (χ3v) is 6.05. The topological polar surface area (TPSA) is 58.6 Å². The zero-order valence-corrected chi connectivity index (χ0v) is 20.1. The van der Waals surface area contributed by atoms with Crippen molar-refractivity contribution in [2.45, 2.75) is 57.1 Å². The van der Waals surface area contributed by atoms with Crippen LogP contribution in [0.5, 0.6) is 5.75 Å². The fraction of sp³-hybridized carbons (Fsp3) is 0.417. The first-order valence-corrected chi connectivity index (χ1v) is 11.8. The summed E-state index contributed by atoms with van der Waals surface area (Å²) >= 11 is 7.61. The van der Waals surface area contributed by atoms with Gasteiger partial charge < -0.3 is 15.0 Å². The maximum Gasteiger partial charge on any atom is 0.242 e. The predicted octanol–water partition coefficient (Wildman–Crippen LogP) is 5.16. The van der Waals surface area contributed by atoms with Crippen molar-refractivity contribution in [2.75, 3.05) is 12.9 Å². The minimum Gasteiger partial charge on any atom is -0.497 e. The first-order valence-electron chi connectivity index (χ1n) is 10.4. The molecule has 0 saturated heterocycles. The number of rotatable bonds is 11. The molecule has 0 fully saturated rings. The first kappa shape index (κ1) is 25.1. The molecule has 2 amide bonds. The zero-order chi connectivity index (χ0) is 22.8. The van der Waals surface area contributed by atoms with Gasteiger partial charge in [0.2, 0.25) is 11.8 Å². The Kier molecular flexibility index (Phi) is 10.2. The molecule has 0 unspecified atom stereocenters. The van der Waals surface area contributed by atoms with E-state index in [1.165, 1.54) is 0 Å². The molecule has 2 aromatic carbocycles. The molecule has 2 rings (SSSR count). The maximum atomic E-state index is 13.1. The number of carbonyl (C=O) groups is 2. The minimum absolute atomic E-state index is 0.0134. The van der Waals surface area contributed by atoms with Crippen molar-refractivity contribution in [3.63, 3.8) is 0 Å². The van der Waals surface area contributed by atoms with Crippen LogP contribution < -0.4 is 10.1 Å². The van der Waals surface area contributed by atoms with Crippen LogP contribution in [0.25, 0.3) is 0 Å². The summed E-state index contributed by atoms with van der Waals surface area (Å²) in [5, 5.41) is 3.62. The van der Waals surface area contributed by atoms with E-state index in [0.717, 1.165) is 28.4 Å². The number of amides is 2. The maximum absolute atomic E-state index is 13.1. The molecule has 7 heteroatoms. The molecule has 5 nitrogen and oxygen atoms in total. The van der Waals surface area contributed by atoms with Gasteiger partial charge in [0.15, 0.2) is 0 Å². The van der Waals surface area contributed by atoms with Gasteiger partial charge in [0, 0.05) is 28.9 Å². The molecule has 31 heavy (non-hydrogen) atoms. The summed E-state index contributed by atoms with van der Waals surface area (Å²) in [7, 11) is 1.61. The molecule has 1 N–H and O–H groups in total. The lowest BCUT2D eigenvalue weighted by Gasteiger charge is -2.29. The Balaban J connectivity index is 2.02. The second-order valence-corrected chi connectivity index (χ2v) is 9.22. The number of hydrogen-bond acceptors (Lipinski definition) is 4. The normalized spacial score (nSPS) is 11.8. The number of ether oxygens (including phenoxy) is 1. The SMILES string of the molecule is COc1cccc(CN(C(=O)CCCSc2ccc(Cl)cc2)[C@@H](C)C(=O)NC(C)C)c1. The lowest BCUT2D eigenvalue weighted by molar-refractivity contribution is -0.140. The van der Waals surface area contributed by atoms with E-state index >= 15 is 0 Å². The van der Waals surface area contributed by atoms with Crippen molar-refractivity contribution in [1.82, 2.24) is 10.2 Å². The molecule has 0 saturated carbocycles. The highest BCUT2D eigenvalue weighted by Crippen LogP contribution is 2.22. The summed E-state index contributed by atoms with van der Waals surface area (Å²) < 4.78 is 5.29. The lowest BCUT2D eigenvalue weighted by atomic mass is 10.1. The highest BCUT2D eigenvalue weighted by Gasteiger charge is 2.26. The van der Waals surface area contributed by atoms with Gasteiger partial charge in [0.05, 0.1) is 7.11 Å². The van der Waals surface area contributed by atoms with Gasteiger partial charge in [0.1, 0.15) is 11.8 Å². The second kappa shape index (κ2) is 12.6. The van der Waals surface area contributed by atoms with Gasteiger partial charge in [-0.25, -0.2) is 0 Å². The van der Waals surface area contributed by atoms with Crippen molar-refractivity contribution in [3.8, 4) is 5.75 Å². The number of thioether (sulfide) groups is 1. The largest absolute Gasteiger partial charge is 0.497 e. The smallest absolute Gasteiger partial charge is 0.242 e. The van der Waals surface area contributed by atoms with Crippen LogP contribution in [0.2, 0.25) is 5.02 Å². The van der Waals surface area contributed by atoms with E-state index in [9.17, 15) is 9.59 Å². The van der Waals surface area contributed by atoms with Crippen LogP contribution in [0.3, 0.4) is 0 Å². The fourth-order valence-corrected chi connectivity index (χ4v) is 4.02. The van der Waals surface area contributed by atoms with Gasteiger partial charge >= 0.3 is 0 Å². The molecule has 0 heterocycles. The van der Waals surface area contributed by atoms with Crippen molar-refractivity contribution >= 4 is 35.2 Å². The Labute approximate surface area is 194 Å². The Bertz CT molecular complexity index is 858. The molecule has 0 aliphatic rings. The predicted molar refractivity (Wildman–Crippen MR) is 128 cm³/mol. The summed E-state index contributed by atoms with van der Waals surface area (Å²) in [4.78, 5) is 28.5. The molecule has 0 bridgehead atoms. The standard InChI is InChI=1S/C24H31ClN2O3S/c1-17(2)26-24(29)18(3)27(16-19-7-5-8-21(15-19)30-4)23(28)9-6-14-31-22-12-10-20(25)11-13-22/h5,7-8,10-13,15,17-18H,6,9,14,16H2,1-4H3,(H,26,29)/t18-/m0/s1. The number of benzene rings is 2. The van der Waals surface area contributed by atoms with Gasteiger partial charge in [-0.3, -0.25) is 9.59 Å². The van der Waals surface area contributed by atoms with E-state index in [1.54, 1.807) is 30.7 Å². The monoisotopic (exact) mass is 462 g/mol. The van der Waals surface area contributed by atoms with Crippen molar-refractivity contribution in [1.29, 1.82) is 0 Å². The molecular formula is C24H31ClN2O3S. The highest BCUT2D eigenvalue weighted by molar-refractivity contribution is 7.99. The lowest BCUT2D eigenvalue weighted by Crippen LogP contribution is -2.49. The van der Waals surface area contributed by atoms with Gasteiger partial charge in [-0.15, -0.1) is 11.8 Å². The first-order chi connectivity index (χ1) is 14.8. The Morgan fingerprint density at radius 1 is 1.13 bits per heavy atom. The van der Waals surface area contributed by atoms with Crippen LogP contribution in [-0.2, 0) is 16.1 Å². The molecule has 0 radical (unpaired) electrons. The molecule has 1 atom stereocenters. The van der Waals surface area contributed by atoms with Crippen LogP contribution in [0.15, 0.2) is 53.4 Å². The molecule has 0 aliphatic heterocycles. The third-order valence-electron chi connectivity index (χ3n) is 4.70. The quantitative estimate of drug-likeness (QED) is 0.370. The summed E-state index contributed by atoms with van der Waals surface area (Å²) in [5.41, 5.74) is 0.924. The second-order valence-electron chi connectivity index (χ2n) is 7.62. The van der Waals surface area contributed by atoms with Gasteiger partial charge in [-0.05, 0) is 74.9 Å². The number of nitrogens with zero attached hydrogens (tertiary/aromatic N) is 1. The summed E-state index contributed by atoms with van der Waals surface area (Å²) in [6.45, 7) is 5.95. The Hall–Kier alpha value is -2.18. The number of nitrogens with one attached hydrogen (secondary N) is 1. The molecule has 2 aromatic rings. The van der Waals surface area contributed by atoms with Crippen molar-refractivity contribution < 1.29 is 14.3 Å². The van der Waals surface area contributed by atoms with E-state index < -0.39 is 6.04 Å². The highest BCUT2D eigenvalue weighted by atomic mass is 35.5. The van der Waals surface area contributed by atoms with Crippen LogP contribution in [-0.4, -0.2) is 41.7 Å². The van der Waals surface area contributed by atoms with Crippen molar-refractivity contribution in [3.05, 3.63) is 59.1 Å². The van der Waals surface area contributed by atoms with E-state index in [1.807, 2.05) is 62.4 Å². The van der Waals surface area contributed by atoms with Gasteiger partial charge in [0.25, 0.3) is 0 Å². The number of hydrogen-bond donors (Lipinski definition) is 1. The summed E-state index contributed by atoms with van der Waals surface area (Å²) in [6, 6.07) is 14.7. The van der Waals surface area contributed by atoms with Crippen molar-refractivity contribution in [2.24, 2.45) is 0 Å². The van der Waals surface area contributed by atoms with Gasteiger partial charge in [-0.1, -0.05) is 23.7 Å². The van der Waals surface area contributed by atoms with E-state index in [-0.39, 0.29) is 17.9 Å². The minimum atomic E-state index is -0.565. The van der Waals surface area contributed by atoms with Crippen LogP contribution in [0.1, 0.15) is 39.2 Å².